The molecule has 9 nitrogen and oxygen atoms in total. The molecule has 0 heterocycles. The first kappa shape index (κ1) is 21.2. The van der Waals surface area contributed by atoms with E-state index < -0.39 is 27.5 Å². The van der Waals surface area contributed by atoms with Gasteiger partial charge in [0.2, 0.25) is 0 Å². The van der Waals surface area contributed by atoms with E-state index in [0.29, 0.717) is 11.3 Å². The van der Waals surface area contributed by atoms with Gasteiger partial charge in [0, 0.05) is 17.7 Å². The highest BCUT2D eigenvalue weighted by Gasteiger charge is 2.30. The number of nitrogens with zero attached hydrogens (tertiary/aromatic N) is 2. The summed E-state index contributed by atoms with van der Waals surface area (Å²) in [5.74, 6) is -0.369. The van der Waals surface area contributed by atoms with Crippen LogP contribution in [0.1, 0.15) is 12.5 Å². The fourth-order valence-corrected chi connectivity index (χ4v) is 3.90. The third kappa shape index (κ3) is 4.58. The Morgan fingerprint density at radius 1 is 1.21 bits per heavy atom. The van der Waals surface area contributed by atoms with Gasteiger partial charge >= 0.3 is 5.97 Å². The lowest BCUT2D eigenvalue weighted by atomic mass is 10.2. The summed E-state index contributed by atoms with van der Waals surface area (Å²) in [6, 6.07) is 9.70. The van der Waals surface area contributed by atoms with E-state index in [2.05, 4.69) is 0 Å². The van der Waals surface area contributed by atoms with Crippen LogP contribution >= 0.6 is 0 Å². The van der Waals surface area contributed by atoms with Crippen molar-refractivity contribution in [3.05, 3.63) is 58.1 Å². The van der Waals surface area contributed by atoms with Gasteiger partial charge < -0.3 is 9.47 Å². The number of hydrogen-bond acceptors (Lipinski definition) is 7. The minimum Gasteiger partial charge on any atom is -0.497 e. The molecule has 0 amide bonds. The van der Waals surface area contributed by atoms with Crippen LogP contribution < -0.4 is 9.04 Å². The topological polar surface area (TPSA) is 116 Å². The summed E-state index contributed by atoms with van der Waals surface area (Å²) in [5, 5.41) is 11.2. The minimum absolute atomic E-state index is 0.0842. The first-order valence-corrected chi connectivity index (χ1v) is 9.72. The van der Waals surface area contributed by atoms with Gasteiger partial charge in [-0.1, -0.05) is 12.1 Å². The second kappa shape index (κ2) is 8.70. The lowest BCUT2D eigenvalue weighted by Crippen LogP contribution is -2.36. The fraction of sp³-hybridized carbons (Fsp3) is 0.278. The smallest absolute Gasteiger partial charge is 0.326 e. The predicted molar refractivity (Wildman–Crippen MR) is 102 cm³/mol. The summed E-state index contributed by atoms with van der Waals surface area (Å²) in [5.41, 5.74) is 0.153. The number of nitro benzene ring substituents is 1. The third-order valence-corrected chi connectivity index (χ3v) is 5.65. The van der Waals surface area contributed by atoms with Gasteiger partial charge in [0.15, 0.2) is 0 Å². The summed E-state index contributed by atoms with van der Waals surface area (Å²) in [4.78, 5) is 22.2. The summed E-state index contributed by atoms with van der Waals surface area (Å²) >= 11 is 0. The Morgan fingerprint density at radius 2 is 1.93 bits per heavy atom. The molecule has 28 heavy (non-hydrogen) atoms. The number of carbonyl (C=O) groups excluding carboxylic acids is 1. The highest BCUT2D eigenvalue weighted by atomic mass is 32.2. The molecule has 0 saturated carbocycles. The number of methoxy groups -OCH3 is 1. The van der Waals surface area contributed by atoms with Crippen LogP contribution in [-0.2, 0) is 19.6 Å². The van der Waals surface area contributed by atoms with Crippen LogP contribution in [0.2, 0.25) is 0 Å². The molecule has 0 saturated heterocycles. The zero-order valence-corrected chi connectivity index (χ0v) is 16.4. The van der Waals surface area contributed by atoms with Crippen molar-refractivity contribution in [1.82, 2.24) is 0 Å². The summed E-state index contributed by atoms with van der Waals surface area (Å²) < 4.78 is 37.3. The number of nitro groups is 1. The predicted octanol–water partition coefficient (Wildman–Crippen LogP) is 2.67. The number of anilines is 1. The van der Waals surface area contributed by atoms with Crippen LogP contribution in [0.25, 0.3) is 0 Å². The van der Waals surface area contributed by atoms with Crippen molar-refractivity contribution in [3.63, 3.8) is 0 Å². The second-order valence-electron chi connectivity index (χ2n) is 5.72. The van der Waals surface area contributed by atoms with E-state index >= 15 is 0 Å². The number of ether oxygens (including phenoxy) is 2. The lowest BCUT2D eigenvalue weighted by molar-refractivity contribution is -0.385. The van der Waals surface area contributed by atoms with E-state index in [1.54, 1.807) is 19.1 Å². The molecule has 0 aliphatic heterocycles. The molecule has 150 valence electrons. The maximum atomic E-state index is 13.2. The van der Waals surface area contributed by atoms with Crippen LogP contribution in [0, 0.1) is 17.0 Å². The molecule has 0 bridgehead atoms. The molecule has 0 radical (unpaired) electrons. The van der Waals surface area contributed by atoms with Crippen molar-refractivity contribution in [1.29, 1.82) is 0 Å². The summed E-state index contributed by atoms with van der Waals surface area (Å²) in [6.45, 7) is 2.60. The third-order valence-electron chi connectivity index (χ3n) is 3.88. The SMILES string of the molecule is CCOC(=O)CN(c1cccc(OC)c1)S(=O)(=O)c1ccc(C)c([N+](=O)[O-])c1. The molecule has 2 rings (SSSR count). The van der Waals surface area contributed by atoms with Gasteiger partial charge in [-0.2, -0.15) is 0 Å². The Labute approximate surface area is 162 Å². The largest absolute Gasteiger partial charge is 0.497 e. The van der Waals surface area contributed by atoms with Crippen molar-refractivity contribution in [2.24, 2.45) is 0 Å². The Kier molecular flexibility index (Phi) is 6.57. The minimum atomic E-state index is -4.29. The zero-order valence-electron chi connectivity index (χ0n) is 15.6. The fourth-order valence-electron chi connectivity index (χ4n) is 2.48. The molecular formula is C18H20N2O7S. The van der Waals surface area contributed by atoms with Crippen LogP contribution in [0.4, 0.5) is 11.4 Å². The number of hydrogen-bond donors (Lipinski definition) is 0. The van der Waals surface area contributed by atoms with Gasteiger partial charge in [0.1, 0.15) is 12.3 Å². The molecule has 0 fully saturated rings. The number of esters is 1. The first-order valence-electron chi connectivity index (χ1n) is 8.28. The summed E-state index contributed by atoms with van der Waals surface area (Å²) in [6.07, 6.45) is 0. The molecule has 0 N–H and O–H groups in total. The number of aryl methyl sites for hydroxylation is 1. The number of carbonyl (C=O) groups is 1. The average Bonchev–Trinajstić information content (AvgIpc) is 2.66. The van der Waals surface area contributed by atoms with E-state index in [0.717, 1.165) is 10.4 Å². The van der Waals surface area contributed by atoms with Crippen molar-refractivity contribution < 1.29 is 27.6 Å². The first-order chi connectivity index (χ1) is 13.2. The zero-order chi connectivity index (χ0) is 20.9. The summed E-state index contributed by atoms with van der Waals surface area (Å²) in [7, 11) is -2.87. The van der Waals surface area contributed by atoms with E-state index in [1.807, 2.05) is 0 Å². The van der Waals surface area contributed by atoms with Gasteiger partial charge in [-0.05, 0) is 32.0 Å². The monoisotopic (exact) mass is 408 g/mol. The van der Waals surface area contributed by atoms with Gasteiger partial charge in [-0.15, -0.1) is 0 Å². The van der Waals surface area contributed by atoms with Gasteiger partial charge in [-0.25, -0.2) is 8.42 Å². The lowest BCUT2D eigenvalue weighted by Gasteiger charge is -2.24. The molecule has 0 aromatic heterocycles. The standard InChI is InChI=1S/C18H20N2O7S/c1-4-27-18(21)12-19(14-6-5-7-15(10-14)26-3)28(24,25)16-9-8-13(2)17(11-16)20(22)23/h5-11H,4,12H2,1-3H3. The van der Waals surface area contributed by atoms with Crippen molar-refractivity contribution >= 4 is 27.4 Å². The van der Waals surface area contributed by atoms with Crippen molar-refractivity contribution in [3.8, 4) is 5.75 Å². The van der Waals surface area contributed by atoms with Gasteiger partial charge in [0.25, 0.3) is 15.7 Å². The van der Waals surface area contributed by atoms with Crippen LogP contribution in [0.5, 0.6) is 5.75 Å². The molecule has 0 unspecified atom stereocenters. The number of sulfonamides is 1. The van der Waals surface area contributed by atoms with E-state index in [1.165, 1.54) is 38.3 Å². The average molecular weight is 408 g/mol. The second-order valence-corrected chi connectivity index (χ2v) is 7.59. The van der Waals surface area contributed by atoms with Crippen LogP contribution in [0.15, 0.2) is 47.4 Å². The van der Waals surface area contributed by atoms with Gasteiger partial charge in [-0.3, -0.25) is 19.2 Å². The number of benzene rings is 2. The highest BCUT2D eigenvalue weighted by Crippen LogP contribution is 2.29. The molecule has 0 aliphatic rings. The van der Waals surface area contributed by atoms with Crippen LogP contribution in [-0.4, -0.2) is 39.6 Å². The van der Waals surface area contributed by atoms with Crippen molar-refractivity contribution in [2.45, 2.75) is 18.7 Å². The molecular weight excluding hydrogens is 388 g/mol. The Morgan fingerprint density at radius 3 is 2.54 bits per heavy atom. The molecule has 2 aromatic rings. The Balaban J connectivity index is 2.59. The molecule has 0 aliphatic carbocycles. The molecule has 10 heteroatoms. The number of rotatable bonds is 8. The van der Waals surface area contributed by atoms with E-state index in [4.69, 9.17) is 9.47 Å². The van der Waals surface area contributed by atoms with E-state index in [-0.39, 0.29) is 22.9 Å². The normalized spacial score (nSPS) is 11.0. The quantitative estimate of drug-likeness (QED) is 0.374. The maximum Gasteiger partial charge on any atom is 0.326 e. The highest BCUT2D eigenvalue weighted by molar-refractivity contribution is 7.92. The van der Waals surface area contributed by atoms with E-state index in [9.17, 15) is 23.3 Å². The van der Waals surface area contributed by atoms with Gasteiger partial charge in [0.05, 0.1) is 29.2 Å². The molecule has 0 atom stereocenters. The Hall–Kier alpha value is -3.14. The molecule has 2 aromatic carbocycles. The Bertz CT molecular complexity index is 989. The van der Waals surface area contributed by atoms with Crippen molar-refractivity contribution in [2.75, 3.05) is 24.6 Å². The maximum absolute atomic E-state index is 13.2. The van der Waals surface area contributed by atoms with Crippen LogP contribution in [0.3, 0.4) is 0 Å². The molecule has 0 spiro atoms.